The van der Waals surface area contributed by atoms with Crippen molar-refractivity contribution in [1.82, 2.24) is 4.98 Å². The van der Waals surface area contributed by atoms with Gasteiger partial charge >= 0.3 is 0 Å². The molecule has 2 aromatic rings. The molecule has 6 nitrogen and oxygen atoms in total. The van der Waals surface area contributed by atoms with Crippen LogP contribution in [0.5, 0.6) is 0 Å². The summed E-state index contributed by atoms with van der Waals surface area (Å²) in [6.07, 6.45) is 7.75. The van der Waals surface area contributed by atoms with Gasteiger partial charge in [0.25, 0.3) is 0 Å². The van der Waals surface area contributed by atoms with Crippen LogP contribution in [0.2, 0.25) is 0 Å². The highest BCUT2D eigenvalue weighted by Gasteiger charge is 1.98. The van der Waals surface area contributed by atoms with Gasteiger partial charge in [0.2, 0.25) is 0 Å². The van der Waals surface area contributed by atoms with Crippen LogP contribution in [0.1, 0.15) is 5.56 Å². The van der Waals surface area contributed by atoms with Crippen molar-refractivity contribution in [3.05, 3.63) is 60.7 Å². The number of pyridine rings is 2. The van der Waals surface area contributed by atoms with Crippen LogP contribution in [0.4, 0.5) is 0 Å². The maximum absolute atomic E-state index is 8.49. The van der Waals surface area contributed by atoms with Crippen LogP contribution in [0.25, 0.3) is 0 Å². The Morgan fingerprint density at radius 2 is 1.44 bits per heavy atom. The largest absolute Gasteiger partial charge is 0.265 e. The average molecular weight is 271 g/mol. The first-order chi connectivity index (χ1) is 8.45. The summed E-state index contributed by atoms with van der Waals surface area (Å²) in [5.74, 6) is 0. The van der Waals surface area contributed by atoms with E-state index in [2.05, 4.69) is 21.9 Å². The lowest BCUT2D eigenvalue weighted by molar-refractivity contribution is -2.00. The summed E-state index contributed by atoms with van der Waals surface area (Å²) in [5, 5.41) is 0. The molecule has 0 aliphatic heterocycles. The van der Waals surface area contributed by atoms with Gasteiger partial charge in [-0.05, 0) is 12.1 Å². The van der Waals surface area contributed by atoms with E-state index in [0.717, 1.165) is 6.54 Å². The zero-order chi connectivity index (χ0) is 13.4. The van der Waals surface area contributed by atoms with Crippen LogP contribution in [0, 0.1) is 10.2 Å². The minimum atomic E-state index is -4.94. The summed E-state index contributed by atoms with van der Waals surface area (Å²) < 4.78 is 36.1. The molecule has 96 valence electrons. The molecule has 2 rings (SSSR count). The monoisotopic (exact) mass is 270 g/mol. The standard InChI is InChI=1S/C11H11N2.ClHO4/c1-2-8-13(9-3-1)10-11-4-6-12-7-5-11;2-1(3,4)5/h1-9H,10H2;(H,2,3,4,5)/q+1;/p-1. The molecule has 0 saturated carbocycles. The van der Waals surface area contributed by atoms with Gasteiger partial charge in [-0.15, -0.1) is 10.2 Å². The summed E-state index contributed by atoms with van der Waals surface area (Å²) in [4.78, 5) is 3.98. The van der Waals surface area contributed by atoms with Gasteiger partial charge in [-0.2, -0.15) is 0 Å². The van der Waals surface area contributed by atoms with Crippen LogP contribution in [0.3, 0.4) is 0 Å². The highest BCUT2D eigenvalue weighted by molar-refractivity contribution is 5.07. The first-order valence-corrected chi connectivity index (χ1v) is 6.13. The lowest BCUT2D eigenvalue weighted by Gasteiger charge is -2.17. The average Bonchev–Trinajstić information content (AvgIpc) is 2.29. The molecule has 0 bridgehead atoms. The number of aromatic nitrogens is 2. The van der Waals surface area contributed by atoms with Crippen LogP contribution >= 0.6 is 0 Å². The van der Waals surface area contributed by atoms with E-state index >= 15 is 0 Å². The first-order valence-electron chi connectivity index (χ1n) is 4.90. The first kappa shape index (κ1) is 14.5. The molecule has 0 aliphatic rings. The van der Waals surface area contributed by atoms with Crippen molar-refractivity contribution >= 4 is 0 Å². The molecule has 0 saturated heterocycles. The Morgan fingerprint density at radius 3 is 1.94 bits per heavy atom. The molecule has 0 amide bonds. The molecule has 0 aliphatic carbocycles. The van der Waals surface area contributed by atoms with E-state index in [1.54, 1.807) is 0 Å². The van der Waals surface area contributed by atoms with Gasteiger partial charge in [0.05, 0.1) is 0 Å². The molecular formula is C11H11ClN2O4. The molecule has 18 heavy (non-hydrogen) atoms. The fourth-order valence-corrected chi connectivity index (χ4v) is 1.24. The zero-order valence-electron chi connectivity index (χ0n) is 9.31. The predicted octanol–water partition coefficient (Wildman–Crippen LogP) is -3.34. The Hall–Kier alpha value is -1.57. The van der Waals surface area contributed by atoms with Gasteiger partial charge in [0.1, 0.15) is 0 Å². The molecule has 0 radical (unpaired) electrons. The van der Waals surface area contributed by atoms with Crippen molar-refractivity contribution in [2.75, 3.05) is 0 Å². The second-order valence-electron chi connectivity index (χ2n) is 3.28. The third-order valence-electron chi connectivity index (χ3n) is 1.89. The predicted molar refractivity (Wildman–Crippen MR) is 50.0 cm³/mol. The fourth-order valence-electron chi connectivity index (χ4n) is 1.24. The molecule has 2 heterocycles. The van der Waals surface area contributed by atoms with Crippen LogP contribution in [-0.4, -0.2) is 4.98 Å². The van der Waals surface area contributed by atoms with Gasteiger partial charge in [-0.3, -0.25) is 4.98 Å². The van der Waals surface area contributed by atoms with E-state index in [4.69, 9.17) is 18.6 Å². The van der Waals surface area contributed by atoms with Gasteiger partial charge in [-0.25, -0.2) is 23.2 Å². The number of rotatable bonds is 2. The molecule has 7 heteroatoms. The summed E-state index contributed by atoms with van der Waals surface area (Å²) in [6.45, 7) is 0.906. The minimum Gasteiger partial charge on any atom is -0.265 e. The second-order valence-corrected chi connectivity index (χ2v) is 4.04. The maximum atomic E-state index is 8.49. The normalized spacial score (nSPS) is 10.4. The van der Waals surface area contributed by atoms with Gasteiger partial charge in [0, 0.05) is 30.1 Å². The smallest absolute Gasteiger partial charge is 0.173 e. The van der Waals surface area contributed by atoms with E-state index < -0.39 is 10.2 Å². The lowest BCUT2D eigenvalue weighted by Crippen LogP contribution is -2.68. The van der Waals surface area contributed by atoms with Gasteiger partial charge in [-0.1, -0.05) is 6.07 Å². The summed E-state index contributed by atoms with van der Waals surface area (Å²) in [6, 6.07) is 10.1. The quantitative estimate of drug-likeness (QED) is 0.530. The van der Waals surface area contributed by atoms with Crippen LogP contribution < -0.4 is 23.2 Å². The summed E-state index contributed by atoms with van der Waals surface area (Å²) in [7, 11) is -4.94. The molecule has 0 atom stereocenters. The Kier molecular flexibility index (Phi) is 5.63. The molecule has 0 unspecified atom stereocenters. The molecular weight excluding hydrogens is 260 g/mol. The van der Waals surface area contributed by atoms with Crippen molar-refractivity contribution in [1.29, 1.82) is 0 Å². The van der Waals surface area contributed by atoms with E-state index in [1.165, 1.54) is 5.56 Å². The minimum absolute atomic E-state index is 0.906. The molecule has 2 aromatic heterocycles. The number of nitrogens with zero attached hydrogens (tertiary/aromatic N) is 2. The summed E-state index contributed by atoms with van der Waals surface area (Å²) >= 11 is 0. The SMILES string of the molecule is [O-][Cl+3]([O-])([O-])[O-].c1cc[n+](Cc2ccncc2)cc1. The van der Waals surface area contributed by atoms with Gasteiger partial charge < -0.3 is 0 Å². The van der Waals surface area contributed by atoms with E-state index in [0.29, 0.717) is 0 Å². The molecule has 0 fully saturated rings. The van der Waals surface area contributed by atoms with Crippen molar-refractivity contribution in [3.8, 4) is 0 Å². The Labute approximate surface area is 106 Å². The number of hydrogen-bond acceptors (Lipinski definition) is 5. The van der Waals surface area contributed by atoms with Crippen LogP contribution in [0.15, 0.2) is 55.1 Å². The van der Waals surface area contributed by atoms with Crippen molar-refractivity contribution in [3.63, 3.8) is 0 Å². The Balaban J connectivity index is 0.000000280. The topological polar surface area (TPSA) is 109 Å². The third kappa shape index (κ3) is 7.66. The van der Waals surface area contributed by atoms with E-state index in [1.807, 2.05) is 42.7 Å². The summed E-state index contributed by atoms with van der Waals surface area (Å²) in [5.41, 5.74) is 1.27. The Morgan fingerprint density at radius 1 is 0.944 bits per heavy atom. The van der Waals surface area contributed by atoms with Crippen molar-refractivity contribution < 1.29 is 33.4 Å². The fraction of sp³-hybridized carbons (Fsp3) is 0.0909. The maximum Gasteiger partial charge on any atom is 0.173 e. The molecule has 0 spiro atoms. The second kappa shape index (κ2) is 7.00. The number of halogens is 1. The van der Waals surface area contributed by atoms with E-state index in [9.17, 15) is 0 Å². The zero-order valence-corrected chi connectivity index (χ0v) is 10.1. The van der Waals surface area contributed by atoms with Crippen molar-refractivity contribution in [2.24, 2.45) is 0 Å². The third-order valence-corrected chi connectivity index (χ3v) is 1.89. The lowest BCUT2D eigenvalue weighted by atomic mass is 10.2. The van der Waals surface area contributed by atoms with Crippen LogP contribution in [-0.2, 0) is 6.54 Å². The number of hydrogen-bond donors (Lipinski definition) is 0. The molecule has 0 aromatic carbocycles. The molecule has 0 N–H and O–H groups in total. The van der Waals surface area contributed by atoms with Crippen molar-refractivity contribution in [2.45, 2.75) is 6.54 Å². The van der Waals surface area contributed by atoms with Gasteiger partial charge in [0.15, 0.2) is 18.9 Å². The van der Waals surface area contributed by atoms with E-state index in [-0.39, 0.29) is 0 Å². The highest BCUT2D eigenvalue weighted by Crippen LogP contribution is 1.94. The Bertz CT molecular complexity index is 404. The highest BCUT2D eigenvalue weighted by atomic mass is 35.7.